The van der Waals surface area contributed by atoms with Crippen molar-refractivity contribution in [2.45, 2.75) is 31.7 Å². The van der Waals surface area contributed by atoms with E-state index in [1.165, 1.54) is 0 Å². The lowest BCUT2D eigenvalue weighted by Gasteiger charge is -2.21. The zero-order chi connectivity index (χ0) is 8.91. The normalized spacial score (nSPS) is 15.9. The molecular weight excluding hydrogens is 162 g/mol. The fourth-order valence-electron chi connectivity index (χ4n) is 0.746. The Labute approximate surface area is 72.4 Å². The molecule has 3 nitrogen and oxygen atoms in total. The van der Waals surface area contributed by atoms with E-state index in [1.807, 2.05) is 6.92 Å². The number of carboxylic acids is 1. The molecule has 1 unspecified atom stereocenters. The summed E-state index contributed by atoms with van der Waals surface area (Å²) in [4.78, 5) is 10.6. The maximum Gasteiger partial charge on any atom is 0.324 e. The van der Waals surface area contributed by atoms with Gasteiger partial charge in [-0.15, -0.1) is 0 Å². The van der Waals surface area contributed by atoms with Gasteiger partial charge in [-0.25, -0.2) is 0 Å². The summed E-state index contributed by atoms with van der Waals surface area (Å²) in [7, 11) is 0. The molecule has 0 bridgehead atoms. The lowest BCUT2D eigenvalue weighted by molar-refractivity contribution is -0.142. The van der Waals surface area contributed by atoms with E-state index >= 15 is 0 Å². The molecule has 1 atom stereocenters. The lowest BCUT2D eigenvalue weighted by atomic mass is 9.96. The Morgan fingerprint density at radius 1 is 1.73 bits per heavy atom. The number of unbranched alkanes of at least 4 members (excludes halogenated alkanes) is 1. The second kappa shape index (κ2) is 4.62. The molecule has 0 aromatic carbocycles. The standard InChI is InChI=1S/C7H15NO2S/c1-2-3-4-7(8,5-11)6(9)10/h11H,2-5,8H2,1H3,(H,9,10). The molecule has 3 N–H and O–H groups in total. The van der Waals surface area contributed by atoms with Crippen LogP contribution in [-0.2, 0) is 4.79 Å². The maximum atomic E-state index is 10.6. The first-order valence-electron chi connectivity index (χ1n) is 3.70. The quantitative estimate of drug-likeness (QED) is 0.546. The Balaban J connectivity index is 3.99. The molecule has 0 aliphatic carbocycles. The first kappa shape index (κ1) is 10.8. The number of hydrogen-bond donors (Lipinski definition) is 3. The Morgan fingerprint density at radius 2 is 2.27 bits per heavy atom. The fourth-order valence-corrected chi connectivity index (χ4v) is 1.04. The van der Waals surface area contributed by atoms with Crippen molar-refractivity contribution in [2.75, 3.05) is 5.75 Å². The molecule has 0 aliphatic heterocycles. The zero-order valence-electron chi connectivity index (χ0n) is 6.71. The van der Waals surface area contributed by atoms with Crippen LogP contribution in [0.5, 0.6) is 0 Å². The van der Waals surface area contributed by atoms with Gasteiger partial charge < -0.3 is 10.8 Å². The summed E-state index contributed by atoms with van der Waals surface area (Å²) in [6, 6.07) is 0. The molecule has 4 heteroatoms. The van der Waals surface area contributed by atoms with E-state index in [9.17, 15) is 4.79 Å². The molecule has 0 rings (SSSR count). The van der Waals surface area contributed by atoms with Crippen LogP contribution in [0.15, 0.2) is 0 Å². The van der Waals surface area contributed by atoms with E-state index in [0.29, 0.717) is 6.42 Å². The molecule has 0 saturated heterocycles. The van der Waals surface area contributed by atoms with Crippen LogP contribution in [0.3, 0.4) is 0 Å². The van der Waals surface area contributed by atoms with E-state index in [1.54, 1.807) is 0 Å². The summed E-state index contributed by atoms with van der Waals surface area (Å²) in [6.07, 6.45) is 2.30. The minimum absolute atomic E-state index is 0.197. The molecule has 0 heterocycles. The van der Waals surface area contributed by atoms with Gasteiger partial charge in [0, 0.05) is 5.75 Å². The highest BCUT2D eigenvalue weighted by Gasteiger charge is 2.31. The van der Waals surface area contributed by atoms with Crippen molar-refractivity contribution in [1.82, 2.24) is 0 Å². The number of carboxylic acid groups (broad SMARTS) is 1. The molecule has 0 aromatic heterocycles. The van der Waals surface area contributed by atoms with Crippen molar-refractivity contribution < 1.29 is 9.90 Å². The summed E-state index contributed by atoms with van der Waals surface area (Å²) >= 11 is 3.91. The molecule has 0 aromatic rings. The van der Waals surface area contributed by atoms with E-state index in [0.717, 1.165) is 12.8 Å². The van der Waals surface area contributed by atoms with Gasteiger partial charge in [0.2, 0.25) is 0 Å². The fraction of sp³-hybridized carbons (Fsp3) is 0.857. The van der Waals surface area contributed by atoms with Crippen molar-refractivity contribution in [3.63, 3.8) is 0 Å². The van der Waals surface area contributed by atoms with Gasteiger partial charge in [-0.1, -0.05) is 19.8 Å². The van der Waals surface area contributed by atoms with Crippen LogP contribution < -0.4 is 5.73 Å². The van der Waals surface area contributed by atoms with Crippen LogP contribution >= 0.6 is 12.6 Å². The van der Waals surface area contributed by atoms with Crippen LogP contribution in [0.4, 0.5) is 0 Å². The molecule has 0 aliphatic rings. The number of hydrogen-bond acceptors (Lipinski definition) is 3. The summed E-state index contributed by atoms with van der Waals surface area (Å²) in [5.74, 6) is -0.761. The second-order valence-corrected chi connectivity index (χ2v) is 3.04. The molecule has 0 saturated carbocycles. The van der Waals surface area contributed by atoms with E-state index in [-0.39, 0.29) is 5.75 Å². The van der Waals surface area contributed by atoms with Crippen molar-refractivity contribution in [3.8, 4) is 0 Å². The van der Waals surface area contributed by atoms with Gasteiger partial charge in [-0.05, 0) is 6.42 Å². The molecule has 66 valence electrons. The molecule has 0 spiro atoms. The third-order valence-corrected chi connectivity index (χ3v) is 2.25. The predicted molar refractivity (Wildman–Crippen MR) is 47.9 cm³/mol. The van der Waals surface area contributed by atoms with Crippen LogP contribution in [0.2, 0.25) is 0 Å². The van der Waals surface area contributed by atoms with E-state index in [2.05, 4.69) is 12.6 Å². The summed E-state index contributed by atoms with van der Waals surface area (Å²) in [5, 5.41) is 8.69. The number of rotatable bonds is 5. The van der Waals surface area contributed by atoms with E-state index < -0.39 is 11.5 Å². The average Bonchev–Trinajstić information content (AvgIpc) is 2.00. The van der Waals surface area contributed by atoms with Gasteiger partial charge >= 0.3 is 5.97 Å². The Morgan fingerprint density at radius 3 is 2.55 bits per heavy atom. The van der Waals surface area contributed by atoms with Gasteiger partial charge in [0.1, 0.15) is 5.54 Å². The highest BCUT2D eigenvalue weighted by Crippen LogP contribution is 2.13. The minimum atomic E-state index is -1.13. The van der Waals surface area contributed by atoms with Gasteiger partial charge in [0.25, 0.3) is 0 Å². The number of thiol groups is 1. The first-order chi connectivity index (χ1) is 5.06. The molecule has 0 amide bonds. The molecular formula is C7H15NO2S. The second-order valence-electron chi connectivity index (χ2n) is 2.72. The topological polar surface area (TPSA) is 63.3 Å². The zero-order valence-corrected chi connectivity index (χ0v) is 7.60. The van der Waals surface area contributed by atoms with Crippen LogP contribution in [0, 0.1) is 0 Å². The van der Waals surface area contributed by atoms with Crippen molar-refractivity contribution >= 4 is 18.6 Å². The Bertz CT molecular complexity index is 140. The van der Waals surface area contributed by atoms with E-state index in [4.69, 9.17) is 10.8 Å². The SMILES string of the molecule is CCCCC(N)(CS)C(=O)O. The van der Waals surface area contributed by atoms with Gasteiger partial charge in [0.05, 0.1) is 0 Å². The summed E-state index contributed by atoms with van der Waals surface area (Å²) in [5.41, 5.74) is 4.42. The largest absolute Gasteiger partial charge is 0.480 e. The third kappa shape index (κ3) is 3.12. The minimum Gasteiger partial charge on any atom is -0.480 e. The Kier molecular flexibility index (Phi) is 4.52. The van der Waals surface area contributed by atoms with Crippen molar-refractivity contribution in [2.24, 2.45) is 5.73 Å². The molecule has 11 heavy (non-hydrogen) atoms. The number of nitrogens with two attached hydrogens (primary N) is 1. The predicted octanol–water partition coefficient (Wildman–Crippen LogP) is 0.889. The van der Waals surface area contributed by atoms with Gasteiger partial charge in [-0.2, -0.15) is 12.6 Å². The third-order valence-electron chi connectivity index (χ3n) is 1.68. The Hall–Kier alpha value is -0.220. The monoisotopic (exact) mass is 177 g/mol. The number of carbonyl (C=O) groups is 1. The highest BCUT2D eigenvalue weighted by molar-refractivity contribution is 7.80. The number of aliphatic carboxylic acids is 1. The first-order valence-corrected chi connectivity index (χ1v) is 4.33. The summed E-state index contributed by atoms with van der Waals surface area (Å²) < 4.78 is 0. The average molecular weight is 177 g/mol. The molecule has 0 fully saturated rings. The summed E-state index contributed by atoms with van der Waals surface area (Å²) in [6.45, 7) is 2.00. The van der Waals surface area contributed by atoms with Gasteiger partial charge in [-0.3, -0.25) is 4.79 Å². The maximum absolute atomic E-state index is 10.6. The van der Waals surface area contributed by atoms with Gasteiger partial charge in [0.15, 0.2) is 0 Å². The highest BCUT2D eigenvalue weighted by atomic mass is 32.1. The van der Waals surface area contributed by atoms with Crippen molar-refractivity contribution in [3.05, 3.63) is 0 Å². The molecule has 0 radical (unpaired) electrons. The smallest absolute Gasteiger partial charge is 0.324 e. The van der Waals surface area contributed by atoms with Crippen molar-refractivity contribution in [1.29, 1.82) is 0 Å². The van der Waals surface area contributed by atoms with Crippen LogP contribution in [0.1, 0.15) is 26.2 Å². The van der Waals surface area contributed by atoms with Crippen LogP contribution in [-0.4, -0.2) is 22.4 Å². The van der Waals surface area contributed by atoms with Crippen LogP contribution in [0.25, 0.3) is 0 Å². The lowest BCUT2D eigenvalue weighted by Crippen LogP contribution is -2.49.